The predicted octanol–water partition coefficient (Wildman–Crippen LogP) is 1.04. The number of hydrogen-bond donors (Lipinski definition) is 1. The molecule has 2 rings (SSSR count). The zero-order valence-corrected chi connectivity index (χ0v) is 10.2. The summed E-state index contributed by atoms with van der Waals surface area (Å²) in [7, 11) is 2.04. The van der Waals surface area contributed by atoms with Gasteiger partial charge in [0.25, 0.3) is 0 Å². The van der Waals surface area contributed by atoms with Gasteiger partial charge in [0, 0.05) is 25.7 Å². The van der Waals surface area contributed by atoms with E-state index in [-0.39, 0.29) is 12.6 Å². The fraction of sp³-hybridized carbons (Fsp3) is 0.636. The van der Waals surface area contributed by atoms with Gasteiger partial charge in [-0.2, -0.15) is 0 Å². The molecule has 0 aliphatic carbocycles. The summed E-state index contributed by atoms with van der Waals surface area (Å²) in [5, 5.41) is 9.67. The van der Waals surface area contributed by atoms with Gasteiger partial charge in [0.15, 0.2) is 5.22 Å². The minimum atomic E-state index is 0.200. The van der Waals surface area contributed by atoms with Crippen molar-refractivity contribution in [2.75, 3.05) is 33.3 Å². The number of aliphatic hydroxyl groups is 1. The van der Waals surface area contributed by atoms with Gasteiger partial charge in [-0.1, -0.05) is 0 Å². The van der Waals surface area contributed by atoms with Gasteiger partial charge in [0.1, 0.15) is 5.76 Å². The second-order valence-corrected chi connectivity index (χ2v) is 4.63. The fourth-order valence-corrected chi connectivity index (χ4v) is 2.17. The normalized spacial score (nSPS) is 23.8. The molecule has 1 saturated heterocycles. The van der Waals surface area contributed by atoms with Crippen molar-refractivity contribution in [1.29, 1.82) is 0 Å². The van der Waals surface area contributed by atoms with Crippen LogP contribution in [0.4, 0.5) is 0 Å². The maximum Gasteiger partial charge on any atom is 0.193 e. The third kappa shape index (κ3) is 2.77. The summed E-state index contributed by atoms with van der Waals surface area (Å²) in [4.78, 5) is 4.46. The molecule has 0 aromatic carbocycles. The first-order valence-electron chi connectivity index (χ1n) is 5.46. The van der Waals surface area contributed by atoms with E-state index in [9.17, 15) is 5.11 Å². The van der Waals surface area contributed by atoms with E-state index >= 15 is 0 Å². The molecule has 0 saturated carbocycles. The number of rotatable bonds is 3. The second-order valence-electron chi connectivity index (χ2n) is 4.26. The van der Waals surface area contributed by atoms with Gasteiger partial charge in [-0.25, -0.2) is 0 Å². The van der Waals surface area contributed by atoms with Crippen molar-refractivity contribution in [3.05, 3.63) is 23.1 Å². The molecule has 0 amide bonds. The van der Waals surface area contributed by atoms with E-state index in [1.165, 1.54) is 0 Å². The highest BCUT2D eigenvalue weighted by molar-refractivity contribution is 6.28. The topological polar surface area (TPSA) is 39.9 Å². The van der Waals surface area contributed by atoms with Gasteiger partial charge >= 0.3 is 0 Å². The molecule has 1 atom stereocenters. The van der Waals surface area contributed by atoms with Crippen LogP contribution in [0.2, 0.25) is 5.22 Å². The summed E-state index contributed by atoms with van der Waals surface area (Å²) >= 11 is 5.72. The lowest BCUT2D eigenvalue weighted by Crippen LogP contribution is -2.52. The largest absolute Gasteiger partial charge is 0.448 e. The van der Waals surface area contributed by atoms with Crippen LogP contribution in [0.1, 0.15) is 5.76 Å². The molecule has 90 valence electrons. The van der Waals surface area contributed by atoms with E-state index in [2.05, 4.69) is 9.80 Å². The predicted molar refractivity (Wildman–Crippen MR) is 62.5 cm³/mol. The molecule has 5 heteroatoms. The lowest BCUT2D eigenvalue weighted by atomic mass is 10.2. The lowest BCUT2D eigenvalue weighted by molar-refractivity contribution is 0.0508. The van der Waals surface area contributed by atoms with Gasteiger partial charge in [0.05, 0.1) is 13.2 Å². The Bertz CT molecular complexity index is 342. The minimum absolute atomic E-state index is 0.200. The highest BCUT2D eigenvalue weighted by Crippen LogP contribution is 2.16. The summed E-state index contributed by atoms with van der Waals surface area (Å²) in [5.41, 5.74) is 0. The number of aliphatic hydroxyl groups excluding tert-OH is 1. The van der Waals surface area contributed by atoms with Gasteiger partial charge in [-0.3, -0.25) is 9.80 Å². The molecular formula is C11H17ClN2O2. The highest BCUT2D eigenvalue weighted by Gasteiger charge is 2.23. The van der Waals surface area contributed by atoms with Crippen LogP contribution in [-0.2, 0) is 6.54 Å². The first kappa shape index (κ1) is 11.9. The van der Waals surface area contributed by atoms with Crippen molar-refractivity contribution in [2.24, 2.45) is 0 Å². The van der Waals surface area contributed by atoms with Crippen molar-refractivity contribution in [1.82, 2.24) is 9.80 Å². The third-order valence-corrected chi connectivity index (χ3v) is 3.28. The minimum Gasteiger partial charge on any atom is -0.448 e. The lowest BCUT2D eigenvalue weighted by Gasteiger charge is -2.38. The molecule has 1 aromatic heterocycles. The Morgan fingerprint density at radius 2 is 2.31 bits per heavy atom. The molecule has 2 heterocycles. The zero-order valence-electron chi connectivity index (χ0n) is 9.40. The van der Waals surface area contributed by atoms with Crippen LogP contribution < -0.4 is 0 Å². The summed E-state index contributed by atoms with van der Waals surface area (Å²) in [5.74, 6) is 0.881. The summed E-state index contributed by atoms with van der Waals surface area (Å²) in [6.07, 6.45) is 0. The van der Waals surface area contributed by atoms with Crippen molar-refractivity contribution in [3.63, 3.8) is 0 Å². The van der Waals surface area contributed by atoms with E-state index in [4.69, 9.17) is 16.0 Å². The molecule has 0 radical (unpaired) electrons. The third-order valence-electron chi connectivity index (χ3n) is 3.08. The van der Waals surface area contributed by atoms with Crippen LogP contribution >= 0.6 is 11.6 Å². The molecule has 0 bridgehead atoms. The second kappa shape index (κ2) is 5.19. The van der Waals surface area contributed by atoms with E-state index in [1.807, 2.05) is 13.1 Å². The smallest absolute Gasteiger partial charge is 0.193 e. The Balaban J connectivity index is 1.91. The summed E-state index contributed by atoms with van der Waals surface area (Å²) in [6, 6.07) is 3.88. The number of nitrogens with zero attached hydrogens (tertiary/aromatic N) is 2. The molecule has 1 aliphatic heterocycles. The highest BCUT2D eigenvalue weighted by atomic mass is 35.5. The van der Waals surface area contributed by atoms with E-state index in [0.29, 0.717) is 5.22 Å². The van der Waals surface area contributed by atoms with Crippen LogP contribution in [0, 0.1) is 0 Å². The van der Waals surface area contributed by atoms with E-state index < -0.39 is 0 Å². The van der Waals surface area contributed by atoms with E-state index in [1.54, 1.807) is 6.07 Å². The molecule has 0 spiro atoms. The van der Waals surface area contributed by atoms with Crippen LogP contribution in [0.25, 0.3) is 0 Å². The zero-order chi connectivity index (χ0) is 11.5. The number of likely N-dealkylation sites (N-methyl/N-ethyl adjacent to an activating group) is 1. The first-order valence-corrected chi connectivity index (χ1v) is 5.84. The van der Waals surface area contributed by atoms with Crippen LogP contribution in [0.5, 0.6) is 0 Å². The van der Waals surface area contributed by atoms with Crippen LogP contribution in [0.15, 0.2) is 16.5 Å². The number of halogens is 1. The molecule has 4 nitrogen and oxygen atoms in total. The van der Waals surface area contributed by atoms with Crippen molar-refractivity contribution in [3.8, 4) is 0 Å². The van der Waals surface area contributed by atoms with Crippen LogP contribution in [0.3, 0.4) is 0 Å². The molecule has 1 aromatic rings. The molecule has 16 heavy (non-hydrogen) atoms. The maximum atomic E-state index is 9.24. The standard InChI is InChI=1S/C11H17ClN2O2/c1-13-4-5-14(6-9(13)8-15)7-10-2-3-11(12)16-10/h2-3,9,15H,4-8H2,1H3/t9-/m1/s1. The molecule has 0 unspecified atom stereocenters. The van der Waals surface area contributed by atoms with Gasteiger partial charge in [0.2, 0.25) is 0 Å². The Morgan fingerprint density at radius 1 is 1.50 bits per heavy atom. The number of furan rings is 1. The van der Waals surface area contributed by atoms with E-state index in [0.717, 1.165) is 31.9 Å². The molecule has 1 N–H and O–H groups in total. The average molecular weight is 245 g/mol. The monoisotopic (exact) mass is 244 g/mol. The number of hydrogen-bond acceptors (Lipinski definition) is 4. The Hall–Kier alpha value is -0.550. The maximum absolute atomic E-state index is 9.24. The van der Waals surface area contributed by atoms with Crippen molar-refractivity contribution < 1.29 is 9.52 Å². The van der Waals surface area contributed by atoms with Gasteiger partial charge in [-0.05, 0) is 30.8 Å². The quantitative estimate of drug-likeness (QED) is 0.863. The Morgan fingerprint density at radius 3 is 2.94 bits per heavy atom. The van der Waals surface area contributed by atoms with Gasteiger partial charge in [-0.15, -0.1) is 0 Å². The van der Waals surface area contributed by atoms with Crippen molar-refractivity contribution in [2.45, 2.75) is 12.6 Å². The average Bonchev–Trinajstić information content (AvgIpc) is 2.67. The number of piperazine rings is 1. The SMILES string of the molecule is CN1CCN(Cc2ccc(Cl)o2)C[C@@H]1CO. The Labute approximate surface area is 100 Å². The summed E-state index contributed by atoms with van der Waals surface area (Å²) < 4.78 is 5.33. The van der Waals surface area contributed by atoms with Crippen LogP contribution in [-0.4, -0.2) is 54.2 Å². The van der Waals surface area contributed by atoms with Gasteiger partial charge < -0.3 is 9.52 Å². The summed E-state index contributed by atoms with van der Waals surface area (Å²) in [6.45, 7) is 3.79. The first-order chi connectivity index (χ1) is 7.69. The molecule has 1 fully saturated rings. The molecule has 1 aliphatic rings. The van der Waals surface area contributed by atoms with Crippen molar-refractivity contribution >= 4 is 11.6 Å². The molecular weight excluding hydrogens is 228 g/mol. The fourth-order valence-electron chi connectivity index (χ4n) is 2.01. The Kier molecular flexibility index (Phi) is 3.86.